The van der Waals surface area contributed by atoms with Crippen LogP contribution in [0.15, 0.2) is 83.0 Å². The van der Waals surface area contributed by atoms with Gasteiger partial charge in [-0.2, -0.15) is 0 Å². The summed E-state index contributed by atoms with van der Waals surface area (Å²) in [5.41, 5.74) is 5.70. The number of nitrogens with zero attached hydrogens (tertiary/aromatic N) is 6. The predicted molar refractivity (Wildman–Crippen MR) is 142 cm³/mol. The molecule has 0 aliphatic carbocycles. The van der Waals surface area contributed by atoms with Crippen LogP contribution >= 0.6 is 0 Å². The molecule has 1 aliphatic heterocycles. The summed E-state index contributed by atoms with van der Waals surface area (Å²) in [5, 5.41) is 9.12. The van der Waals surface area contributed by atoms with Crippen LogP contribution in [0.2, 0.25) is 0 Å². The number of fused-ring (bicyclic) bond motifs is 1. The van der Waals surface area contributed by atoms with Gasteiger partial charge in [-0.3, -0.25) is 4.57 Å². The number of aryl methyl sites for hydroxylation is 1. The van der Waals surface area contributed by atoms with Crippen molar-refractivity contribution in [1.29, 1.82) is 0 Å². The molecule has 0 bridgehead atoms. The lowest BCUT2D eigenvalue weighted by Gasteiger charge is -2.34. The Morgan fingerprint density at radius 1 is 0.892 bits per heavy atom. The molecular weight excluding hydrogens is 466 g/mol. The van der Waals surface area contributed by atoms with Crippen molar-refractivity contribution in [3.8, 4) is 11.4 Å². The van der Waals surface area contributed by atoms with Gasteiger partial charge in [-0.25, -0.2) is 9.36 Å². The molecule has 9 nitrogen and oxygen atoms in total. The van der Waals surface area contributed by atoms with Gasteiger partial charge in [0.25, 0.3) is 0 Å². The van der Waals surface area contributed by atoms with Crippen molar-refractivity contribution in [2.75, 3.05) is 39.3 Å². The third kappa shape index (κ3) is 5.28. The molecule has 4 heterocycles. The molecule has 0 amide bonds. The zero-order valence-electron chi connectivity index (χ0n) is 20.8. The van der Waals surface area contributed by atoms with Gasteiger partial charge in [-0.05, 0) is 67.3 Å². The molecule has 5 aromatic rings. The third-order valence-corrected chi connectivity index (χ3v) is 7.33. The quantitative estimate of drug-likeness (QED) is 0.336. The molecule has 1 saturated heterocycles. The number of nitrogens with one attached hydrogen (secondary N) is 1. The maximum absolute atomic E-state index is 11.8. The fourth-order valence-corrected chi connectivity index (χ4v) is 5.21. The number of benzene rings is 2. The van der Waals surface area contributed by atoms with Crippen molar-refractivity contribution in [2.24, 2.45) is 0 Å². The van der Waals surface area contributed by atoms with Crippen molar-refractivity contribution in [1.82, 2.24) is 34.1 Å². The molecule has 0 spiro atoms. The largest absolute Gasteiger partial charge is 0.423 e. The van der Waals surface area contributed by atoms with E-state index in [1.807, 2.05) is 16.7 Å². The monoisotopic (exact) mass is 497 g/mol. The van der Waals surface area contributed by atoms with Crippen molar-refractivity contribution in [3.63, 3.8) is 0 Å². The van der Waals surface area contributed by atoms with Gasteiger partial charge in [0.05, 0.1) is 11.9 Å². The van der Waals surface area contributed by atoms with Crippen molar-refractivity contribution < 1.29 is 4.42 Å². The highest BCUT2D eigenvalue weighted by Gasteiger charge is 2.17. The van der Waals surface area contributed by atoms with E-state index in [0.29, 0.717) is 0 Å². The van der Waals surface area contributed by atoms with Crippen LogP contribution < -0.4 is 5.76 Å². The molecule has 37 heavy (non-hydrogen) atoms. The summed E-state index contributed by atoms with van der Waals surface area (Å²) in [6, 6.07) is 14.6. The molecule has 9 heteroatoms. The molecule has 6 rings (SSSR count). The van der Waals surface area contributed by atoms with E-state index in [4.69, 9.17) is 4.42 Å². The summed E-state index contributed by atoms with van der Waals surface area (Å²) in [4.78, 5) is 20.3. The highest BCUT2D eigenvalue weighted by Crippen LogP contribution is 2.23. The first-order valence-electron chi connectivity index (χ1n) is 12.9. The lowest BCUT2D eigenvalue weighted by molar-refractivity contribution is 0.132. The SMILES string of the molecule is O=c1occn1-c1cccc(CCN2CCN(CCCc3c[nH]c4ccc(-n5cnnc5)cc34)CC2)c1. The normalized spacial score (nSPS) is 15.0. The molecule has 0 saturated carbocycles. The summed E-state index contributed by atoms with van der Waals surface area (Å²) in [6.45, 7) is 6.55. The highest BCUT2D eigenvalue weighted by atomic mass is 16.4. The van der Waals surface area contributed by atoms with E-state index < -0.39 is 0 Å². The number of hydrogen-bond donors (Lipinski definition) is 1. The molecular formula is C28H31N7O2. The smallest absolute Gasteiger partial charge is 0.416 e. The Balaban J connectivity index is 0.968. The predicted octanol–water partition coefficient (Wildman–Crippen LogP) is 3.29. The Kier molecular flexibility index (Phi) is 6.70. The van der Waals surface area contributed by atoms with Crippen LogP contribution in [0, 0.1) is 0 Å². The number of aromatic nitrogens is 5. The van der Waals surface area contributed by atoms with Gasteiger partial charge in [0, 0.05) is 55.5 Å². The van der Waals surface area contributed by atoms with Gasteiger partial charge in [0.15, 0.2) is 0 Å². The molecule has 0 unspecified atom stereocenters. The highest BCUT2D eigenvalue weighted by molar-refractivity contribution is 5.85. The zero-order valence-corrected chi connectivity index (χ0v) is 20.8. The van der Waals surface area contributed by atoms with E-state index in [9.17, 15) is 4.79 Å². The number of H-pyrrole nitrogens is 1. The van der Waals surface area contributed by atoms with E-state index in [1.54, 1.807) is 18.9 Å². The average molecular weight is 498 g/mol. The zero-order chi connectivity index (χ0) is 25.0. The second kappa shape index (κ2) is 10.6. The first-order valence-corrected chi connectivity index (χ1v) is 12.9. The molecule has 190 valence electrons. The minimum Gasteiger partial charge on any atom is -0.416 e. The molecule has 0 atom stereocenters. The van der Waals surface area contributed by atoms with Crippen LogP contribution in [-0.4, -0.2) is 73.4 Å². The van der Waals surface area contributed by atoms with Crippen LogP contribution in [0.4, 0.5) is 0 Å². The van der Waals surface area contributed by atoms with Gasteiger partial charge in [-0.1, -0.05) is 12.1 Å². The van der Waals surface area contributed by atoms with E-state index in [0.717, 1.165) is 69.9 Å². The van der Waals surface area contributed by atoms with Crippen molar-refractivity contribution in [3.05, 3.63) is 95.5 Å². The minimum absolute atomic E-state index is 0.352. The van der Waals surface area contributed by atoms with Crippen LogP contribution in [0.25, 0.3) is 22.3 Å². The van der Waals surface area contributed by atoms with E-state index in [1.165, 1.54) is 32.9 Å². The number of hydrogen-bond acceptors (Lipinski definition) is 6. The van der Waals surface area contributed by atoms with Gasteiger partial charge in [-0.15, -0.1) is 10.2 Å². The van der Waals surface area contributed by atoms with E-state index in [-0.39, 0.29) is 5.76 Å². The molecule has 1 N–H and O–H groups in total. The van der Waals surface area contributed by atoms with Gasteiger partial charge >= 0.3 is 5.76 Å². The van der Waals surface area contributed by atoms with Crippen LogP contribution in [-0.2, 0) is 12.8 Å². The minimum atomic E-state index is -0.352. The summed E-state index contributed by atoms with van der Waals surface area (Å²) in [7, 11) is 0. The fourth-order valence-electron chi connectivity index (χ4n) is 5.21. The van der Waals surface area contributed by atoms with Crippen molar-refractivity contribution in [2.45, 2.75) is 19.3 Å². The maximum Gasteiger partial charge on any atom is 0.423 e. The molecule has 1 aliphatic rings. The lowest BCUT2D eigenvalue weighted by Crippen LogP contribution is -2.47. The Labute approximate surface area is 215 Å². The van der Waals surface area contributed by atoms with Gasteiger partial charge in [0.2, 0.25) is 0 Å². The summed E-state index contributed by atoms with van der Waals surface area (Å²) in [5.74, 6) is -0.352. The summed E-state index contributed by atoms with van der Waals surface area (Å²) >= 11 is 0. The second-order valence-electron chi connectivity index (χ2n) is 9.66. The van der Waals surface area contributed by atoms with Crippen LogP contribution in [0.1, 0.15) is 17.5 Å². The van der Waals surface area contributed by atoms with Crippen LogP contribution in [0.5, 0.6) is 0 Å². The van der Waals surface area contributed by atoms with E-state index >= 15 is 0 Å². The molecule has 3 aromatic heterocycles. The van der Waals surface area contributed by atoms with Gasteiger partial charge < -0.3 is 19.2 Å². The summed E-state index contributed by atoms with van der Waals surface area (Å²) < 4.78 is 8.37. The van der Waals surface area contributed by atoms with Gasteiger partial charge in [0.1, 0.15) is 18.9 Å². The lowest BCUT2D eigenvalue weighted by atomic mass is 10.1. The van der Waals surface area contributed by atoms with Crippen LogP contribution in [0.3, 0.4) is 0 Å². The Morgan fingerprint density at radius 3 is 2.49 bits per heavy atom. The fraction of sp³-hybridized carbons (Fsp3) is 0.321. The topological polar surface area (TPSA) is 88.1 Å². The number of piperazine rings is 1. The average Bonchev–Trinajstić information content (AvgIpc) is 3.70. The van der Waals surface area contributed by atoms with E-state index in [2.05, 4.69) is 61.5 Å². The Morgan fingerprint density at radius 2 is 1.70 bits per heavy atom. The Bertz CT molecular complexity index is 1510. The standard InChI is InChI=1S/C28H31N7O2/c36-28-35(15-16-37-28)25-5-1-3-22(17-25)8-10-33-13-11-32(12-14-33)9-2-4-23-19-29-27-7-6-24(18-26(23)27)34-20-30-31-21-34/h1,3,5-7,15-21,29H,2,4,8-14H2. The first-order chi connectivity index (χ1) is 18.2. The third-order valence-electron chi connectivity index (χ3n) is 7.33. The maximum atomic E-state index is 11.8. The van der Waals surface area contributed by atoms with Crippen molar-refractivity contribution >= 4 is 10.9 Å². The second-order valence-corrected chi connectivity index (χ2v) is 9.66. The molecule has 1 fully saturated rings. The number of oxazole rings is 1. The number of rotatable bonds is 9. The Hall–Kier alpha value is -3.95. The summed E-state index contributed by atoms with van der Waals surface area (Å²) in [6.07, 6.45) is 11.9. The molecule has 0 radical (unpaired) electrons. The molecule has 2 aromatic carbocycles. The first kappa shape index (κ1) is 23.4. The number of aromatic amines is 1.